The molecule has 4 heterocycles. The number of pyridine rings is 1. The van der Waals surface area contributed by atoms with Crippen LogP contribution in [-0.4, -0.2) is 41.6 Å². The Morgan fingerprint density at radius 2 is 1.92 bits per heavy atom. The van der Waals surface area contributed by atoms with Gasteiger partial charge in [0, 0.05) is 17.7 Å². The molecule has 1 saturated carbocycles. The Morgan fingerprint density at radius 1 is 1.14 bits per heavy atom. The Kier molecular flexibility index (Phi) is 5.32. The van der Waals surface area contributed by atoms with Crippen molar-refractivity contribution in [3.05, 3.63) is 76.5 Å². The summed E-state index contributed by atoms with van der Waals surface area (Å²) in [6.45, 7) is 0.242. The third kappa shape index (κ3) is 4.24. The van der Waals surface area contributed by atoms with Crippen molar-refractivity contribution in [1.82, 2.24) is 34.5 Å². The summed E-state index contributed by atoms with van der Waals surface area (Å²) in [7, 11) is 1.55. The van der Waals surface area contributed by atoms with Gasteiger partial charge in [-0.2, -0.15) is 13.2 Å². The summed E-state index contributed by atoms with van der Waals surface area (Å²) in [5.41, 5.74) is 3.42. The van der Waals surface area contributed by atoms with Gasteiger partial charge in [0.05, 0.1) is 47.8 Å². The van der Waals surface area contributed by atoms with Gasteiger partial charge in [-0.3, -0.25) is 9.55 Å². The lowest BCUT2D eigenvalue weighted by molar-refractivity contribution is -0.140. The predicted molar refractivity (Wildman–Crippen MR) is 128 cm³/mol. The second kappa shape index (κ2) is 8.57. The summed E-state index contributed by atoms with van der Waals surface area (Å²) >= 11 is 0. The molecule has 0 spiro atoms. The highest BCUT2D eigenvalue weighted by molar-refractivity contribution is 5.81. The lowest BCUT2D eigenvalue weighted by atomic mass is 10.1. The molecular formula is C25H20F3N7O2. The highest BCUT2D eigenvalue weighted by atomic mass is 19.4. The van der Waals surface area contributed by atoms with Gasteiger partial charge in [-0.05, 0) is 24.5 Å². The van der Waals surface area contributed by atoms with E-state index in [1.165, 1.54) is 6.33 Å². The zero-order valence-corrected chi connectivity index (χ0v) is 19.5. The van der Waals surface area contributed by atoms with E-state index in [9.17, 15) is 18.0 Å². The van der Waals surface area contributed by atoms with E-state index in [4.69, 9.17) is 4.74 Å². The van der Waals surface area contributed by atoms with Crippen LogP contribution in [0.4, 0.5) is 13.2 Å². The van der Waals surface area contributed by atoms with Gasteiger partial charge in [-0.15, -0.1) is 0 Å². The molecular weight excluding hydrogens is 487 g/mol. The zero-order chi connectivity index (χ0) is 25.7. The SMILES string of the molecule is COc1ncnc(C2CC2)c1-c1cc2c(cn1)[nH]c(=O)n2Cc1ccc(-c2nc(C(F)(F)F)c[nH]2)cc1. The Hall–Kier alpha value is -4.48. The van der Waals surface area contributed by atoms with Crippen LogP contribution >= 0.6 is 0 Å². The number of alkyl halides is 3. The molecule has 0 aliphatic heterocycles. The molecule has 6 rings (SSSR count). The number of nitrogens with zero attached hydrogens (tertiary/aromatic N) is 5. The molecule has 1 aromatic carbocycles. The quantitative estimate of drug-likeness (QED) is 0.349. The van der Waals surface area contributed by atoms with Crippen LogP contribution in [0.1, 0.15) is 35.7 Å². The fraction of sp³-hybridized carbons (Fsp3) is 0.240. The molecule has 5 aromatic rings. The largest absolute Gasteiger partial charge is 0.480 e. The molecule has 4 aromatic heterocycles. The molecule has 9 nitrogen and oxygen atoms in total. The topological polar surface area (TPSA) is 114 Å². The molecule has 0 atom stereocenters. The smallest absolute Gasteiger partial charge is 0.434 e. The first-order valence-corrected chi connectivity index (χ1v) is 11.5. The van der Waals surface area contributed by atoms with Gasteiger partial charge in [0.2, 0.25) is 5.88 Å². The fourth-order valence-corrected chi connectivity index (χ4v) is 4.36. The Balaban J connectivity index is 1.34. The monoisotopic (exact) mass is 507 g/mol. The average Bonchev–Trinajstić information content (AvgIpc) is 3.52. The van der Waals surface area contributed by atoms with Crippen LogP contribution in [0, 0.1) is 0 Å². The van der Waals surface area contributed by atoms with Crippen LogP contribution < -0.4 is 10.4 Å². The number of halogens is 3. The fourth-order valence-electron chi connectivity index (χ4n) is 4.36. The lowest BCUT2D eigenvalue weighted by Gasteiger charge is -2.11. The van der Waals surface area contributed by atoms with Crippen LogP contribution in [0.2, 0.25) is 0 Å². The number of fused-ring (bicyclic) bond motifs is 1. The number of nitrogens with one attached hydrogen (secondary N) is 2. The first-order valence-electron chi connectivity index (χ1n) is 11.5. The molecule has 0 unspecified atom stereocenters. The van der Waals surface area contributed by atoms with E-state index in [2.05, 4.69) is 29.9 Å². The molecule has 2 N–H and O–H groups in total. The van der Waals surface area contributed by atoms with Crippen LogP contribution in [0.5, 0.6) is 5.88 Å². The number of rotatable bonds is 6. The third-order valence-corrected chi connectivity index (χ3v) is 6.35. The minimum absolute atomic E-state index is 0.115. The number of aromatic nitrogens is 7. The zero-order valence-electron chi connectivity index (χ0n) is 19.5. The lowest BCUT2D eigenvalue weighted by Crippen LogP contribution is -2.17. The van der Waals surface area contributed by atoms with Crippen LogP contribution in [0.25, 0.3) is 33.7 Å². The highest BCUT2D eigenvalue weighted by Crippen LogP contribution is 2.45. The van der Waals surface area contributed by atoms with E-state index < -0.39 is 11.9 Å². The van der Waals surface area contributed by atoms with E-state index in [1.54, 1.807) is 42.1 Å². The normalized spacial score (nSPS) is 13.8. The van der Waals surface area contributed by atoms with Crippen molar-refractivity contribution in [3.63, 3.8) is 0 Å². The number of methoxy groups -OCH3 is 1. The molecule has 1 fully saturated rings. The summed E-state index contributed by atoms with van der Waals surface area (Å²) in [6, 6.07) is 8.64. The first-order chi connectivity index (χ1) is 17.8. The molecule has 37 heavy (non-hydrogen) atoms. The minimum Gasteiger partial charge on any atom is -0.480 e. The molecule has 0 amide bonds. The van der Waals surface area contributed by atoms with Gasteiger partial charge in [0.25, 0.3) is 0 Å². The molecule has 0 bridgehead atoms. The Labute approximate surface area is 207 Å². The second-order valence-corrected chi connectivity index (χ2v) is 8.85. The minimum atomic E-state index is -4.52. The third-order valence-electron chi connectivity index (χ3n) is 6.35. The summed E-state index contributed by atoms with van der Waals surface area (Å²) in [5.74, 6) is 0.873. The standard InChI is InChI=1S/C25H20F3N7O2/c1-37-23-20(21(14-6-7-14)31-12-32-23)16-8-18-17(9-29-16)33-24(36)35(18)11-13-2-4-15(5-3-13)22-30-10-19(34-22)25(26,27)28/h2-5,8-10,12,14H,6-7,11H2,1H3,(H,30,34)(H,33,36). The molecule has 1 aliphatic rings. The number of ether oxygens (including phenoxy) is 1. The average molecular weight is 507 g/mol. The Bertz CT molecular complexity index is 1660. The number of hydrogen-bond donors (Lipinski definition) is 2. The maximum absolute atomic E-state index is 12.9. The summed E-state index contributed by atoms with van der Waals surface area (Å²) in [5, 5.41) is 0. The molecule has 1 aliphatic carbocycles. The number of aromatic amines is 2. The number of benzene rings is 1. The van der Waals surface area contributed by atoms with Crippen molar-refractivity contribution in [2.75, 3.05) is 7.11 Å². The van der Waals surface area contributed by atoms with Gasteiger partial charge in [0.15, 0.2) is 5.69 Å². The first kappa shape index (κ1) is 23.0. The number of hydrogen-bond acceptors (Lipinski definition) is 6. The van der Waals surface area contributed by atoms with Crippen LogP contribution in [0.3, 0.4) is 0 Å². The summed E-state index contributed by atoms with van der Waals surface area (Å²) in [6.07, 6.45) is 1.47. The van der Waals surface area contributed by atoms with Gasteiger partial charge < -0.3 is 14.7 Å². The van der Waals surface area contributed by atoms with Crippen molar-refractivity contribution in [2.24, 2.45) is 0 Å². The summed E-state index contributed by atoms with van der Waals surface area (Å²) in [4.78, 5) is 35.1. The predicted octanol–water partition coefficient (Wildman–Crippen LogP) is 4.52. The van der Waals surface area contributed by atoms with Crippen molar-refractivity contribution in [2.45, 2.75) is 31.5 Å². The molecule has 12 heteroatoms. The molecule has 0 radical (unpaired) electrons. The molecule has 188 valence electrons. The van der Waals surface area contributed by atoms with Crippen molar-refractivity contribution in [1.29, 1.82) is 0 Å². The van der Waals surface area contributed by atoms with Crippen LogP contribution in [0.15, 0.2) is 53.8 Å². The van der Waals surface area contributed by atoms with Crippen LogP contribution in [-0.2, 0) is 12.7 Å². The van der Waals surface area contributed by atoms with Crippen molar-refractivity contribution in [3.8, 4) is 28.5 Å². The van der Waals surface area contributed by atoms with Gasteiger partial charge in [-0.1, -0.05) is 24.3 Å². The van der Waals surface area contributed by atoms with Crippen molar-refractivity contribution < 1.29 is 17.9 Å². The number of imidazole rings is 2. The maximum Gasteiger partial charge on any atom is 0.434 e. The van der Waals surface area contributed by atoms with Gasteiger partial charge >= 0.3 is 11.9 Å². The Morgan fingerprint density at radius 3 is 2.59 bits per heavy atom. The molecule has 0 saturated heterocycles. The van der Waals surface area contributed by atoms with E-state index in [0.29, 0.717) is 34.1 Å². The maximum atomic E-state index is 12.9. The van der Waals surface area contributed by atoms with E-state index in [0.717, 1.165) is 35.9 Å². The van der Waals surface area contributed by atoms with E-state index >= 15 is 0 Å². The van der Waals surface area contributed by atoms with E-state index in [1.807, 2.05) is 6.07 Å². The van der Waals surface area contributed by atoms with Gasteiger partial charge in [-0.25, -0.2) is 19.7 Å². The van der Waals surface area contributed by atoms with Crippen molar-refractivity contribution >= 4 is 11.0 Å². The second-order valence-electron chi connectivity index (χ2n) is 8.85. The summed E-state index contributed by atoms with van der Waals surface area (Å²) < 4.78 is 45.7. The highest BCUT2D eigenvalue weighted by Gasteiger charge is 2.34. The number of H-pyrrole nitrogens is 2. The van der Waals surface area contributed by atoms with Gasteiger partial charge in [0.1, 0.15) is 12.2 Å². The van der Waals surface area contributed by atoms with E-state index in [-0.39, 0.29) is 18.1 Å².